The third-order valence-electron chi connectivity index (χ3n) is 9.01. The Kier molecular flexibility index (Phi) is 13.0. The summed E-state index contributed by atoms with van der Waals surface area (Å²) in [6.07, 6.45) is 0. The van der Waals surface area contributed by atoms with Gasteiger partial charge in [0, 0.05) is 11.1 Å². The number of aliphatic imine (C=N–C) groups is 2. The molecule has 0 aromatic heterocycles. The monoisotopic (exact) mass is 845 g/mol. The van der Waals surface area contributed by atoms with Crippen LogP contribution >= 0.6 is 0 Å². The van der Waals surface area contributed by atoms with Gasteiger partial charge >= 0.3 is 17.1 Å². The van der Waals surface area contributed by atoms with Crippen LogP contribution in [0.3, 0.4) is 0 Å². The normalized spacial score (nSPS) is 16.0. The maximum atomic E-state index is 12.7. The summed E-state index contributed by atoms with van der Waals surface area (Å²) in [5.74, 6) is 0.819. The van der Waals surface area contributed by atoms with Crippen molar-refractivity contribution < 1.29 is 43.4 Å². The Bertz CT molecular complexity index is 2410. The smallest absolute Gasteiger partial charge is 0.572 e. The van der Waals surface area contributed by atoms with Crippen LogP contribution in [-0.4, -0.2) is 41.8 Å². The zero-order chi connectivity index (χ0) is 39.1. The summed E-state index contributed by atoms with van der Waals surface area (Å²) in [4.78, 5) is 9.60. The van der Waals surface area contributed by atoms with E-state index in [9.17, 15) is 16.8 Å². The summed E-state index contributed by atoms with van der Waals surface area (Å²) in [5.41, 5.74) is 5.85. The van der Waals surface area contributed by atoms with Gasteiger partial charge in [-0.3, -0.25) is 0 Å². The number of ether oxygens (including phenoxy) is 2. The number of aryl methyl sites for hydroxylation is 2. The van der Waals surface area contributed by atoms with E-state index < -0.39 is 20.0 Å². The molecule has 1 radical (unpaired) electrons. The molecule has 0 N–H and O–H groups in total. The Morgan fingerprint density at radius 1 is 0.474 bits per heavy atom. The maximum Gasteiger partial charge on any atom is 2.00 e. The molecule has 2 aliphatic heterocycles. The van der Waals surface area contributed by atoms with E-state index in [1.165, 1.54) is 0 Å². The zero-order valence-electron chi connectivity index (χ0n) is 30.9. The van der Waals surface area contributed by atoms with Crippen molar-refractivity contribution in [3.63, 3.8) is 0 Å². The van der Waals surface area contributed by atoms with Crippen LogP contribution in [0.1, 0.15) is 45.5 Å². The first-order valence-electron chi connectivity index (χ1n) is 17.8. The average molecular weight is 846 g/mol. The SMILES string of the molecule is Cc1ccc(S(=O)(=O)[N-]c2ccccc2C2=N[C@H](c3ccccc3)CO2)cc1.Cc1ccc(S(=O)(=O)[N-]c2ccccc2C2=N[C@H](c3ccccc3)CO2)cc1.[Cu+2]. The van der Waals surface area contributed by atoms with E-state index in [-0.39, 0.29) is 38.9 Å². The second-order valence-electron chi connectivity index (χ2n) is 13.1. The quantitative estimate of drug-likeness (QED) is 0.126. The molecule has 10 nitrogen and oxygen atoms in total. The minimum atomic E-state index is -3.83. The van der Waals surface area contributed by atoms with Crippen molar-refractivity contribution in [1.82, 2.24) is 0 Å². The molecule has 0 aliphatic carbocycles. The Morgan fingerprint density at radius 3 is 1.18 bits per heavy atom. The molecule has 293 valence electrons. The number of benzene rings is 6. The molecule has 8 rings (SSSR count). The standard InChI is InChI=1S/2C22H19N2O3S.Cu/c2*1-16-11-13-18(14-12-16)28(25,26)24-20-10-6-5-9-19(20)22-23-21(15-27-22)17-7-3-2-4-8-17;/h2*2-14,21H,15H2,1H3;/q2*-1;+2/t2*21-;/m00./s1. The molecule has 13 heteroatoms. The van der Waals surface area contributed by atoms with Crippen molar-refractivity contribution in [2.75, 3.05) is 13.2 Å². The van der Waals surface area contributed by atoms with Crippen molar-refractivity contribution in [2.45, 2.75) is 35.7 Å². The van der Waals surface area contributed by atoms with E-state index in [1.54, 1.807) is 84.9 Å². The van der Waals surface area contributed by atoms with Crippen LogP contribution < -0.4 is 0 Å². The van der Waals surface area contributed by atoms with E-state index >= 15 is 0 Å². The molecule has 2 atom stereocenters. The van der Waals surface area contributed by atoms with Gasteiger partial charge in [-0.1, -0.05) is 145 Å². The first-order chi connectivity index (χ1) is 27.1. The van der Waals surface area contributed by atoms with Crippen molar-refractivity contribution >= 4 is 43.2 Å². The molecule has 0 saturated carbocycles. The van der Waals surface area contributed by atoms with Crippen LogP contribution in [0, 0.1) is 13.8 Å². The van der Waals surface area contributed by atoms with Gasteiger partial charge in [0.1, 0.15) is 45.3 Å². The van der Waals surface area contributed by atoms with E-state index in [0.717, 1.165) is 22.3 Å². The molecule has 6 aromatic carbocycles. The summed E-state index contributed by atoms with van der Waals surface area (Å²) in [7, 11) is -7.67. The van der Waals surface area contributed by atoms with Gasteiger partial charge in [0.2, 0.25) is 11.8 Å². The minimum absolute atomic E-state index is 0. The first-order valence-corrected chi connectivity index (χ1v) is 20.7. The van der Waals surface area contributed by atoms with Crippen molar-refractivity contribution in [1.29, 1.82) is 0 Å². The average Bonchev–Trinajstić information content (AvgIpc) is 3.91. The molecule has 2 heterocycles. The van der Waals surface area contributed by atoms with Crippen molar-refractivity contribution in [2.24, 2.45) is 9.98 Å². The molecule has 0 bridgehead atoms. The minimum Gasteiger partial charge on any atom is -0.572 e. The summed E-state index contributed by atoms with van der Waals surface area (Å²) in [6.45, 7) is 4.64. The van der Waals surface area contributed by atoms with Gasteiger partial charge in [-0.15, -0.1) is 11.4 Å². The summed E-state index contributed by atoms with van der Waals surface area (Å²) < 4.78 is 70.5. The topological polar surface area (TPSA) is 140 Å². The predicted octanol–water partition coefficient (Wildman–Crippen LogP) is 9.81. The van der Waals surface area contributed by atoms with Gasteiger partial charge < -0.3 is 18.9 Å². The number of hydrogen-bond acceptors (Lipinski definition) is 8. The van der Waals surface area contributed by atoms with Crippen LogP contribution in [0.5, 0.6) is 0 Å². The van der Waals surface area contributed by atoms with Crippen molar-refractivity contribution in [3.05, 3.63) is 201 Å². The Labute approximate surface area is 344 Å². The van der Waals surface area contributed by atoms with Gasteiger partial charge in [0.25, 0.3) is 0 Å². The zero-order valence-corrected chi connectivity index (χ0v) is 33.5. The second-order valence-corrected chi connectivity index (χ2v) is 16.3. The Morgan fingerprint density at radius 2 is 0.807 bits per heavy atom. The third kappa shape index (κ3) is 10.00. The van der Waals surface area contributed by atoms with Crippen LogP contribution in [-0.2, 0) is 46.6 Å². The number of sulfonamides is 2. The predicted molar refractivity (Wildman–Crippen MR) is 219 cm³/mol. The van der Waals surface area contributed by atoms with E-state index in [1.807, 2.05) is 86.6 Å². The van der Waals surface area contributed by atoms with Crippen LogP contribution in [0.15, 0.2) is 178 Å². The molecule has 0 amide bonds. The van der Waals surface area contributed by atoms with Crippen LogP contribution in [0.25, 0.3) is 9.44 Å². The molecular weight excluding hydrogens is 808 g/mol. The fourth-order valence-corrected chi connectivity index (χ4v) is 7.99. The number of hydrogen-bond donors (Lipinski definition) is 0. The van der Waals surface area contributed by atoms with Crippen molar-refractivity contribution in [3.8, 4) is 0 Å². The van der Waals surface area contributed by atoms with Gasteiger partial charge in [0.15, 0.2) is 0 Å². The Balaban J connectivity index is 0.000000189. The van der Waals surface area contributed by atoms with Crippen LogP contribution in [0.4, 0.5) is 11.4 Å². The van der Waals surface area contributed by atoms with Gasteiger partial charge in [-0.2, -0.15) is 0 Å². The van der Waals surface area contributed by atoms with Crippen LogP contribution in [0.2, 0.25) is 0 Å². The van der Waals surface area contributed by atoms with E-state index in [0.29, 0.717) is 47.5 Å². The largest absolute Gasteiger partial charge is 2.00 e. The molecule has 0 saturated heterocycles. The summed E-state index contributed by atoms with van der Waals surface area (Å²) >= 11 is 0. The summed E-state index contributed by atoms with van der Waals surface area (Å²) in [6, 6.07) is 46.7. The molecule has 0 spiro atoms. The number of nitrogens with zero attached hydrogens (tertiary/aromatic N) is 4. The molecular formula is C44H38CuN4O6S2. The fraction of sp³-hybridized carbons (Fsp3) is 0.136. The van der Waals surface area contributed by atoms with Gasteiger partial charge in [-0.25, -0.2) is 26.8 Å². The fourth-order valence-electron chi connectivity index (χ4n) is 5.99. The maximum absolute atomic E-state index is 12.7. The molecule has 0 unspecified atom stereocenters. The second kappa shape index (κ2) is 18.0. The third-order valence-corrected chi connectivity index (χ3v) is 11.6. The number of rotatable bonds is 10. The van der Waals surface area contributed by atoms with E-state index in [4.69, 9.17) is 9.47 Å². The van der Waals surface area contributed by atoms with E-state index in [2.05, 4.69) is 19.4 Å². The first kappa shape index (κ1) is 40.9. The van der Waals surface area contributed by atoms with Gasteiger partial charge in [-0.05, 0) is 49.2 Å². The summed E-state index contributed by atoms with van der Waals surface area (Å²) in [5, 5.41) is 0. The molecule has 6 aromatic rings. The molecule has 2 aliphatic rings. The Hall–Kier alpha value is -5.72. The molecule has 0 fully saturated rings. The van der Waals surface area contributed by atoms with Gasteiger partial charge in [0.05, 0.1) is 9.79 Å². The molecule has 57 heavy (non-hydrogen) atoms.